The molecule has 0 radical (unpaired) electrons. The van der Waals surface area contributed by atoms with Crippen LogP contribution in [0.3, 0.4) is 0 Å². The minimum Gasteiger partial charge on any atom is -0.354 e. The number of piperidine rings is 1. The van der Waals surface area contributed by atoms with Crippen LogP contribution in [-0.2, 0) is 4.79 Å². The molecule has 3 atom stereocenters. The molecule has 0 spiro atoms. The van der Waals surface area contributed by atoms with Crippen molar-refractivity contribution >= 4 is 28.7 Å². The Balaban J connectivity index is 1.88. The highest BCUT2D eigenvalue weighted by molar-refractivity contribution is 5.95. The minimum absolute atomic E-state index is 0.0333. The van der Waals surface area contributed by atoms with Crippen molar-refractivity contribution in [1.82, 2.24) is 19.4 Å². The van der Waals surface area contributed by atoms with E-state index in [1.54, 1.807) is 15.7 Å². The Morgan fingerprint density at radius 3 is 2.83 bits per heavy atom. The maximum Gasteiger partial charge on any atom is 0.236 e. The molecule has 1 aliphatic heterocycles. The molecule has 3 rings (SSSR count). The summed E-state index contributed by atoms with van der Waals surface area (Å²) in [6.45, 7) is 7.55. The van der Waals surface area contributed by atoms with E-state index >= 15 is 0 Å². The number of fused-ring (bicyclic) bond motifs is 1. The summed E-state index contributed by atoms with van der Waals surface area (Å²) in [6, 6.07) is 3.91. The molecule has 1 fully saturated rings. The molecule has 160 valence electrons. The first-order valence-corrected chi connectivity index (χ1v) is 10.6. The van der Waals surface area contributed by atoms with Crippen molar-refractivity contribution in [2.24, 2.45) is 11.8 Å². The Hall–Kier alpha value is -2.95. The fourth-order valence-electron chi connectivity index (χ4n) is 4.08. The standard InChI is InChI=1S/C22H30N6O2/c1-5-15(2)12-20(30)28-11-8-17-21(24-14-25-22(17)28)26(4)18-13-27(10-7-16(18)3)19(29)6-9-23/h8,11,14-16,18H,5-7,10,12-13H2,1-4H3. The summed E-state index contributed by atoms with van der Waals surface area (Å²) in [4.78, 5) is 37.7. The molecular weight excluding hydrogens is 380 g/mol. The maximum atomic E-state index is 12.7. The first-order chi connectivity index (χ1) is 14.4. The number of nitriles is 1. The monoisotopic (exact) mass is 410 g/mol. The predicted molar refractivity (Wildman–Crippen MR) is 115 cm³/mol. The second kappa shape index (κ2) is 9.24. The normalized spacial score (nSPS) is 20.0. The molecule has 2 aromatic rings. The van der Waals surface area contributed by atoms with Gasteiger partial charge in [0.15, 0.2) is 5.65 Å². The highest BCUT2D eigenvalue weighted by Gasteiger charge is 2.32. The van der Waals surface area contributed by atoms with Gasteiger partial charge in [0.05, 0.1) is 17.5 Å². The number of likely N-dealkylation sites (N-methyl/N-ethyl adjacent to an activating group) is 1. The van der Waals surface area contributed by atoms with Gasteiger partial charge in [0.25, 0.3) is 0 Å². The van der Waals surface area contributed by atoms with Crippen molar-refractivity contribution in [2.75, 3.05) is 25.0 Å². The lowest BCUT2D eigenvalue weighted by molar-refractivity contribution is -0.131. The average molecular weight is 411 g/mol. The molecular formula is C22H30N6O2. The smallest absolute Gasteiger partial charge is 0.236 e. The van der Waals surface area contributed by atoms with Gasteiger partial charge >= 0.3 is 0 Å². The van der Waals surface area contributed by atoms with Crippen molar-refractivity contribution in [3.05, 3.63) is 18.6 Å². The molecule has 8 nitrogen and oxygen atoms in total. The van der Waals surface area contributed by atoms with Gasteiger partial charge in [0, 0.05) is 32.8 Å². The van der Waals surface area contributed by atoms with Gasteiger partial charge < -0.3 is 9.80 Å². The summed E-state index contributed by atoms with van der Waals surface area (Å²) in [5.41, 5.74) is 0.612. The molecule has 0 aromatic carbocycles. The van der Waals surface area contributed by atoms with Gasteiger partial charge in [-0.15, -0.1) is 0 Å². The van der Waals surface area contributed by atoms with Gasteiger partial charge in [-0.3, -0.25) is 14.2 Å². The van der Waals surface area contributed by atoms with Crippen LogP contribution in [0.15, 0.2) is 18.6 Å². The van der Waals surface area contributed by atoms with Gasteiger partial charge in [0.1, 0.15) is 18.6 Å². The zero-order valence-electron chi connectivity index (χ0n) is 18.2. The molecule has 3 heterocycles. The van der Waals surface area contributed by atoms with Crippen molar-refractivity contribution < 1.29 is 9.59 Å². The third-order valence-corrected chi connectivity index (χ3v) is 6.28. The van der Waals surface area contributed by atoms with Crippen LogP contribution >= 0.6 is 0 Å². The first kappa shape index (κ1) is 21.8. The maximum absolute atomic E-state index is 12.7. The SMILES string of the molecule is CCC(C)CC(=O)n1ccc2c(N(C)C3CN(C(=O)CC#N)CCC3C)ncnc21. The summed E-state index contributed by atoms with van der Waals surface area (Å²) in [6.07, 6.45) is 5.47. The van der Waals surface area contributed by atoms with Gasteiger partial charge in [0.2, 0.25) is 11.8 Å². The first-order valence-electron chi connectivity index (χ1n) is 10.6. The van der Waals surface area contributed by atoms with Crippen LogP contribution < -0.4 is 4.90 Å². The zero-order valence-corrected chi connectivity index (χ0v) is 18.2. The summed E-state index contributed by atoms with van der Waals surface area (Å²) in [5.74, 6) is 1.34. The molecule has 30 heavy (non-hydrogen) atoms. The molecule has 8 heteroatoms. The Morgan fingerprint density at radius 1 is 1.37 bits per heavy atom. The Kier molecular flexibility index (Phi) is 6.70. The summed E-state index contributed by atoms with van der Waals surface area (Å²) in [7, 11) is 1.97. The van der Waals surface area contributed by atoms with Crippen LogP contribution in [-0.4, -0.2) is 57.4 Å². The Morgan fingerprint density at radius 2 is 2.13 bits per heavy atom. The van der Waals surface area contributed by atoms with Crippen molar-refractivity contribution in [1.29, 1.82) is 5.26 Å². The van der Waals surface area contributed by atoms with E-state index in [4.69, 9.17) is 5.26 Å². The highest BCUT2D eigenvalue weighted by Crippen LogP contribution is 2.30. The quantitative estimate of drug-likeness (QED) is 0.726. The molecule has 1 amide bonds. The van der Waals surface area contributed by atoms with Crippen LogP contribution in [0.5, 0.6) is 0 Å². The zero-order chi connectivity index (χ0) is 21.8. The second-order valence-electron chi connectivity index (χ2n) is 8.35. The van der Waals surface area contributed by atoms with Crippen LogP contribution in [0.25, 0.3) is 11.0 Å². The number of hydrogen-bond acceptors (Lipinski definition) is 6. The fourth-order valence-corrected chi connectivity index (χ4v) is 4.08. The molecule has 2 aromatic heterocycles. The Labute approximate surface area is 177 Å². The third-order valence-electron chi connectivity index (χ3n) is 6.28. The number of hydrogen-bond donors (Lipinski definition) is 0. The average Bonchev–Trinajstić information content (AvgIpc) is 3.18. The lowest BCUT2D eigenvalue weighted by Gasteiger charge is -2.42. The number of rotatable bonds is 6. The summed E-state index contributed by atoms with van der Waals surface area (Å²) in [5, 5.41) is 9.68. The van der Waals surface area contributed by atoms with E-state index in [-0.39, 0.29) is 24.3 Å². The topological polar surface area (TPSA) is 95.1 Å². The van der Waals surface area contributed by atoms with Crippen LogP contribution in [0, 0.1) is 23.2 Å². The number of anilines is 1. The van der Waals surface area contributed by atoms with Crippen molar-refractivity contribution in [3.8, 4) is 6.07 Å². The highest BCUT2D eigenvalue weighted by atomic mass is 16.2. The van der Waals surface area contributed by atoms with E-state index in [9.17, 15) is 9.59 Å². The lowest BCUT2D eigenvalue weighted by atomic mass is 9.92. The van der Waals surface area contributed by atoms with Crippen LogP contribution in [0.4, 0.5) is 5.82 Å². The van der Waals surface area contributed by atoms with E-state index in [0.29, 0.717) is 37.0 Å². The summed E-state index contributed by atoms with van der Waals surface area (Å²) >= 11 is 0. The van der Waals surface area contributed by atoms with Crippen molar-refractivity contribution in [2.45, 2.75) is 52.5 Å². The number of carbonyl (C=O) groups excluding carboxylic acids is 2. The largest absolute Gasteiger partial charge is 0.354 e. The number of nitrogens with zero attached hydrogens (tertiary/aromatic N) is 6. The van der Waals surface area contributed by atoms with Gasteiger partial charge in [-0.1, -0.05) is 27.2 Å². The Bertz CT molecular complexity index is 962. The molecule has 0 N–H and O–H groups in total. The van der Waals surface area contributed by atoms with E-state index in [0.717, 1.165) is 24.0 Å². The fraction of sp³-hybridized carbons (Fsp3) is 0.591. The molecule has 1 saturated heterocycles. The summed E-state index contributed by atoms with van der Waals surface area (Å²) < 4.78 is 1.62. The number of amides is 1. The molecule has 1 aliphatic rings. The van der Waals surface area contributed by atoms with E-state index in [1.165, 1.54) is 6.33 Å². The van der Waals surface area contributed by atoms with Gasteiger partial charge in [-0.2, -0.15) is 5.26 Å². The molecule has 0 bridgehead atoms. The predicted octanol–water partition coefficient (Wildman–Crippen LogP) is 3.09. The molecule has 3 unspecified atom stereocenters. The number of aromatic nitrogens is 3. The molecule has 0 aliphatic carbocycles. The van der Waals surface area contributed by atoms with E-state index in [1.807, 2.05) is 19.2 Å². The van der Waals surface area contributed by atoms with Gasteiger partial charge in [-0.25, -0.2) is 9.97 Å². The van der Waals surface area contributed by atoms with Crippen LogP contribution in [0.2, 0.25) is 0 Å². The number of carbonyl (C=O) groups is 2. The minimum atomic E-state index is -0.127. The second-order valence-corrected chi connectivity index (χ2v) is 8.35. The van der Waals surface area contributed by atoms with Gasteiger partial charge in [-0.05, 0) is 24.3 Å². The van der Waals surface area contributed by atoms with Crippen molar-refractivity contribution in [3.63, 3.8) is 0 Å². The van der Waals surface area contributed by atoms with E-state index < -0.39 is 0 Å². The molecule has 0 saturated carbocycles. The van der Waals surface area contributed by atoms with Crippen LogP contribution in [0.1, 0.15) is 51.2 Å². The van der Waals surface area contributed by atoms with E-state index in [2.05, 4.69) is 35.6 Å². The number of likely N-dealkylation sites (tertiary alicyclic amines) is 1. The third kappa shape index (κ3) is 4.30. The lowest BCUT2D eigenvalue weighted by Crippen LogP contribution is -2.52.